The molecule has 0 aliphatic heterocycles. The zero-order valence-corrected chi connectivity index (χ0v) is 11.6. The molecular formula is C15H7BrF2O2. The van der Waals surface area contributed by atoms with Crippen LogP contribution in [0.1, 0.15) is 16.1 Å². The molecule has 0 spiro atoms. The van der Waals surface area contributed by atoms with Crippen LogP contribution < -0.4 is 0 Å². The van der Waals surface area contributed by atoms with Gasteiger partial charge in [-0.2, -0.15) is 0 Å². The Morgan fingerprint density at radius 1 is 1.05 bits per heavy atom. The summed E-state index contributed by atoms with van der Waals surface area (Å²) in [6.45, 7) is 0. The Labute approximate surface area is 121 Å². The fraction of sp³-hybridized carbons (Fsp3) is 0. The number of para-hydroxylation sites is 1. The molecule has 0 saturated heterocycles. The molecule has 100 valence electrons. The van der Waals surface area contributed by atoms with Gasteiger partial charge in [-0.25, -0.2) is 8.78 Å². The second-order valence-corrected chi connectivity index (χ2v) is 4.99. The van der Waals surface area contributed by atoms with Crippen LogP contribution in [0.5, 0.6) is 0 Å². The largest absolute Gasteiger partial charge is 0.449 e. The lowest BCUT2D eigenvalue weighted by atomic mass is 10.1. The molecule has 2 nitrogen and oxygen atoms in total. The zero-order chi connectivity index (χ0) is 14.3. The number of ketones is 1. The van der Waals surface area contributed by atoms with Crippen molar-refractivity contribution in [2.24, 2.45) is 0 Å². The van der Waals surface area contributed by atoms with Gasteiger partial charge in [-0.3, -0.25) is 4.79 Å². The molecule has 0 bridgehead atoms. The predicted octanol–water partition coefficient (Wildman–Crippen LogP) is 4.70. The lowest BCUT2D eigenvalue weighted by molar-refractivity contribution is 0.101. The van der Waals surface area contributed by atoms with Gasteiger partial charge in [0.1, 0.15) is 5.82 Å². The molecule has 0 saturated carbocycles. The Morgan fingerprint density at radius 3 is 2.50 bits per heavy atom. The van der Waals surface area contributed by atoms with Gasteiger partial charge in [0.05, 0.1) is 4.47 Å². The quantitative estimate of drug-likeness (QED) is 0.634. The second kappa shape index (κ2) is 4.83. The lowest BCUT2D eigenvalue weighted by Gasteiger charge is -2.01. The van der Waals surface area contributed by atoms with Crippen molar-refractivity contribution in [2.45, 2.75) is 0 Å². The lowest BCUT2D eigenvalue weighted by Crippen LogP contribution is -2.01. The summed E-state index contributed by atoms with van der Waals surface area (Å²) in [6.07, 6.45) is 0. The Morgan fingerprint density at radius 2 is 1.75 bits per heavy atom. The molecule has 20 heavy (non-hydrogen) atoms. The van der Waals surface area contributed by atoms with Crippen molar-refractivity contribution in [1.29, 1.82) is 0 Å². The summed E-state index contributed by atoms with van der Waals surface area (Å²) in [6, 6.07) is 9.99. The molecule has 0 aliphatic carbocycles. The van der Waals surface area contributed by atoms with Gasteiger partial charge in [-0.1, -0.05) is 18.2 Å². The van der Waals surface area contributed by atoms with Crippen LogP contribution in [-0.4, -0.2) is 5.78 Å². The number of carbonyl (C=O) groups excluding carboxylic acids is 1. The predicted molar refractivity (Wildman–Crippen MR) is 73.7 cm³/mol. The highest BCUT2D eigenvalue weighted by molar-refractivity contribution is 9.10. The van der Waals surface area contributed by atoms with E-state index in [1.54, 1.807) is 6.07 Å². The van der Waals surface area contributed by atoms with Crippen molar-refractivity contribution in [3.63, 3.8) is 0 Å². The van der Waals surface area contributed by atoms with E-state index in [0.717, 1.165) is 0 Å². The highest BCUT2D eigenvalue weighted by Gasteiger charge is 2.19. The van der Waals surface area contributed by atoms with Crippen LogP contribution in [0.2, 0.25) is 0 Å². The third-order valence-corrected chi connectivity index (χ3v) is 3.72. The first-order chi connectivity index (χ1) is 9.58. The van der Waals surface area contributed by atoms with E-state index < -0.39 is 17.4 Å². The van der Waals surface area contributed by atoms with Crippen LogP contribution in [0.15, 0.2) is 51.4 Å². The number of rotatable bonds is 2. The summed E-state index contributed by atoms with van der Waals surface area (Å²) in [5, 5.41) is 0.487. The Balaban J connectivity index is 2.13. The molecular weight excluding hydrogens is 330 g/mol. The number of hydrogen-bond acceptors (Lipinski definition) is 2. The fourth-order valence-electron chi connectivity index (χ4n) is 1.95. The van der Waals surface area contributed by atoms with Gasteiger partial charge < -0.3 is 4.42 Å². The van der Waals surface area contributed by atoms with Gasteiger partial charge >= 0.3 is 0 Å². The average molecular weight is 337 g/mol. The van der Waals surface area contributed by atoms with E-state index >= 15 is 0 Å². The summed E-state index contributed by atoms with van der Waals surface area (Å²) in [4.78, 5) is 12.3. The van der Waals surface area contributed by atoms with Gasteiger partial charge in [0.2, 0.25) is 5.78 Å². The molecule has 0 N–H and O–H groups in total. The maximum Gasteiger partial charge on any atom is 0.229 e. The smallest absolute Gasteiger partial charge is 0.229 e. The van der Waals surface area contributed by atoms with Gasteiger partial charge in [0, 0.05) is 10.9 Å². The fourth-order valence-corrected chi connectivity index (χ4v) is 2.40. The number of furan rings is 1. The molecule has 3 aromatic rings. The minimum Gasteiger partial charge on any atom is -0.449 e. The van der Waals surface area contributed by atoms with E-state index in [9.17, 15) is 13.6 Å². The minimum atomic E-state index is -0.543. The van der Waals surface area contributed by atoms with Crippen LogP contribution in [-0.2, 0) is 0 Å². The van der Waals surface area contributed by atoms with E-state index in [-0.39, 0.29) is 21.4 Å². The van der Waals surface area contributed by atoms with Crippen LogP contribution in [0.25, 0.3) is 11.0 Å². The molecule has 0 amide bonds. The number of benzene rings is 2. The van der Waals surface area contributed by atoms with Crippen LogP contribution in [0.4, 0.5) is 8.78 Å². The van der Waals surface area contributed by atoms with Gasteiger partial charge in [-0.15, -0.1) is 0 Å². The van der Waals surface area contributed by atoms with Crippen molar-refractivity contribution in [1.82, 2.24) is 0 Å². The number of carbonyl (C=O) groups is 1. The van der Waals surface area contributed by atoms with Crippen molar-refractivity contribution in [3.05, 3.63) is 69.9 Å². The van der Waals surface area contributed by atoms with E-state index in [4.69, 9.17) is 4.42 Å². The number of halogens is 3. The van der Waals surface area contributed by atoms with E-state index in [0.29, 0.717) is 5.39 Å². The first-order valence-corrected chi connectivity index (χ1v) is 6.54. The summed E-state index contributed by atoms with van der Waals surface area (Å²) >= 11 is 3.02. The second-order valence-electron chi connectivity index (χ2n) is 4.20. The standard InChI is InChI=1S/C15H7BrF2O2/c16-13-9(4-2-5-10(13)17)14(19)12-7-8-3-1-6-11(18)15(8)20-12/h1-7H. The van der Waals surface area contributed by atoms with Crippen LogP contribution >= 0.6 is 15.9 Å². The van der Waals surface area contributed by atoms with E-state index in [1.165, 1.54) is 36.4 Å². The maximum absolute atomic E-state index is 13.5. The maximum atomic E-state index is 13.5. The number of fused-ring (bicyclic) bond motifs is 1. The van der Waals surface area contributed by atoms with E-state index in [2.05, 4.69) is 15.9 Å². The van der Waals surface area contributed by atoms with Gasteiger partial charge in [0.15, 0.2) is 17.2 Å². The van der Waals surface area contributed by atoms with Gasteiger partial charge in [-0.05, 0) is 40.2 Å². The van der Waals surface area contributed by atoms with Crippen molar-refractivity contribution in [2.75, 3.05) is 0 Å². The summed E-state index contributed by atoms with van der Waals surface area (Å²) in [5.41, 5.74) is 0.146. The van der Waals surface area contributed by atoms with E-state index in [1.807, 2.05) is 0 Å². The third-order valence-electron chi connectivity index (χ3n) is 2.92. The highest BCUT2D eigenvalue weighted by atomic mass is 79.9. The molecule has 1 aromatic heterocycles. The third kappa shape index (κ3) is 2.04. The molecule has 1 heterocycles. The minimum absolute atomic E-state index is 0.0170. The molecule has 0 radical (unpaired) electrons. The van der Waals surface area contributed by atoms with Crippen LogP contribution in [0, 0.1) is 11.6 Å². The summed E-state index contributed by atoms with van der Waals surface area (Å²) < 4.78 is 32.3. The molecule has 0 fully saturated rings. The molecule has 0 atom stereocenters. The topological polar surface area (TPSA) is 30.2 Å². The molecule has 0 aliphatic rings. The van der Waals surface area contributed by atoms with Crippen LogP contribution in [0.3, 0.4) is 0 Å². The Bertz CT molecular complexity index is 824. The van der Waals surface area contributed by atoms with Crippen molar-refractivity contribution in [3.8, 4) is 0 Å². The average Bonchev–Trinajstić information content (AvgIpc) is 2.87. The van der Waals surface area contributed by atoms with Crippen molar-refractivity contribution < 1.29 is 18.0 Å². The Hall–Kier alpha value is -2.01. The number of hydrogen-bond donors (Lipinski definition) is 0. The highest BCUT2D eigenvalue weighted by Crippen LogP contribution is 2.27. The monoisotopic (exact) mass is 336 g/mol. The molecule has 5 heteroatoms. The van der Waals surface area contributed by atoms with Gasteiger partial charge in [0.25, 0.3) is 0 Å². The molecule has 2 aromatic carbocycles. The first-order valence-electron chi connectivity index (χ1n) is 5.74. The zero-order valence-electron chi connectivity index (χ0n) is 9.99. The molecule has 0 unspecified atom stereocenters. The molecule has 3 rings (SSSR count). The normalized spacial score (nSPS) is 10.9. The summed E-state index contributed by atoms with van der Waals surface area (Å²) in [7, 11) is 0. The Kier molecular flexibility index (Phi) is 3.14. The summed E-state index contributed by atoms with van der Waals surface area (Å²) in [5.74, 6) is -1.62. The first kappa shape index (κ1) is 13.0. The van der Waals surface area contributed by atoms with Crippen molar-refractivity contribution >= 4 is 32.7 Å². The SMILES string of the molecule is O=C(c1cc2cccc(F)c2o1)c1cccc(F)c1Br.